The van der Waals surface area contributed by atoms with Gasteiger partial charge in [0.15, 0.2) is 11.5 Å². The molecule has 2 amide bonds. The fourth-order valence-electron chi connectivity index (χ4n) is 3.31. The maximum absolute atomic E-state index is 12.8. The number of hydrogen-bond acceptors (Lipinski definition) is 6. The highest BCUT2D eigenvalue weighted by Gasteiger charge is 2.21. The molecule has 1 atom stereocenters. The Hall–Kier alpha value is -3.12. The van der Waals surface area contributed by atoms with Crippen LogP contribution in [0, 0.1) is 3.57 Å². The number of halogens is 2. The Labute approximate surface area is 238 Å². The molecule has 0 saturated carbocycles. The Morgan fingerprint density at radius 2 is 1.81 bits per heavy atom. The van der Waals surface area contributed by atoms with Crippen molar-refractivity contribution in [1.82, 2.24) is 10.7 Å². The summed E-state index contributed by atoms with van der Waals surface area (Å²) in [5.41, 5.74) is 5.12. The second-order valence-corrected chi connectivity index (χ2v) is 9.87. The van der Waals surface area contributed by atoms with E-state index < -0.39 is 18.0 Å². The minimum absolute atomic E-state index is 0.201. The van der Waals surface area contributed by atoms with Crippen LogP contribution in [0.2, 0.25) is 0 Å². The summed E-state index contributed by atoms with van der Waals surface area (Å²) >= 11 is 5.60. The zero-order valence-electron chi connectivity index (χ0n) is 20.4. The van der Waals surface area contributed by atoms with Crippen molar-refractivity contribution in [3.05, 3.63) is 91.5 Å². The van der Waals surface area contributed by atoms with Gasteiger partial charge in [-0.1, -0.05) is 58.4 Å². The Balaban J connectivity index is 1.67. The summed E-state index contributed by atoms with van der Waals surface area (Å²) in [5, 5.41) is 6.68. The summed E-state index contributed by atoms with van der Waals surface area (Å²) in [6, 6.07) is 20.0. The summed E-state index contributed by atoms with van der Waals surface area (Å²) < 4.78 is 18.3. The minimum Gasteiger partial charge on any atom is -0.493 e. The number of ether oxygens (including phenoxy) is 3. The van der Waals surface area contributed by atoms with Gasteiger partial charge in [-0.25, -0.2) is 10.2 Å². The van der Waals surface area contributed by atoms with Crippen molar-refractivity contribution >= 4 is 56.7 Å². The number of carbonyl (C=O) groups is 2. The molecule has 194 valence electrons. The Kier molecular flexibility index (Phi) is 11.2. The first-order valence-corrected chi connectivity index (χ1v) is 13.3. The van der Waals surface area contributed by atoms with Crippen molar-refractivity contribution in [2.75, 3.05) is 13.7 Å². The van der Waals surface area contributed by atoms with Gasteiger partial charge in [-0.05, 0) is 70.5 Å². The van der Waals surface area contributed by atoms with E-state index in [9.17, 15) is 9.59 Å². The summed E-state index contributed by atoms with van der Waals surface area (Å²) in [6.45, 7) is 2.29. The van der Waals surface area contributed by atoms with Crippen molar-refractivity contribution in [1.29, 1.82) is 0 Å². The second-order valence-electron chi connectivity index (χ2n) is 7.79. The lowest BCUT2D eigenvalue weighted by molar-refractivity contribution is -0.123. The average Bonchev–Trinajstić information content (AvgIpc) is 2.89. The van der Waals surface area contributed by atoms with E-state index >= 15 is 0 Å². The number of methoxy groups -OCH3 is 1. The summed E-state index contributed by atoms with van der Waals surface area (Å²) in [6.07, 6.45) is 1.13. The van der Waals surface area contributed by atoms with Crippen LogP contribution in [0.25, 0.3) is 0 Å². The molecule has 3 aromatic carbocycles. The third-order valence-corrected chi connectivity index (χ3v) is 6.43. The molecule has 37 heavy (non-hydrogen) atoms. The molecule has 0 unspecified atom stereocenters. The van der Waals surface area contributed by atoms with Crippen LogP contribution in [0.15, 0.2) is 76.3 Å². The normalized spacial score (nSPS) is 11.6. The van der Waals surface area contributed by atoms with Gasteiger partial charge in [0.1, 0.15) is 12.6 Å². The molecule has 0 aliphatic heterocycles. The molecule has 3 aromatic rings. The predicted octanol–water partition coefficient (Wildman–Crippen LogP) is 5.45. The largest absolute Gasteiger partial charge is 0.493 e. The zero-order chi connectivity index (χ0) is 26.6. The van der Waals surface area contributed by atoms with Gasteiger partial charge in [-0.2, -0.15) is 5.10 Å². The van der Waals surface area contributed by atoms with E-state index in [1.165, 1.54) is 6.21 Å². The van der Waals surface area contributed by atoms with Crippen LogP contribution in [-0.2, 0) is 22.6 Å². The molecular weight excluding hydrogens is 653 g/mol. The standard InChI is InChI=1S/C27H27BrIN3O5/c1-3-36-27(34)31-23(14-18-7-5-4-6-8-18)26(33)32-30-16-20-13-22(29)25(24(15-20)35-2)37-17-19-9-11-21(28)12-10-19/h4-13,15-16,23H,3,14,17H2,1-2H3,(H,31,34)(H,32,33)/b30-16-/t23-/m0/s1. The molecule has 0 aliphatic carbocycles. The van der Waals surface area contributed by atoms with E-state index in [1.807, 2.05) is 60.7 Å². The van der Waals surface area contributed by atoms with Crippen LogP contribution in [0.1, 0.15) is 23.6 Å². The molecule has 10 heteroatoms. The van der Waals surface area contributed by atoms with Crippen molar-refractivity contribution in [2.45, 2.75) is 26.0 Å². The van der Waals surface area contributed by atoms with Crippen LogP contribution in [-0.4, -0.2) is 38.0 Å². The Morgan fingerprint density at radius 1 is 1.08 bits per heavy atom. The molecule has 2 N–H and O–H groups in total. The number of hydrazone groups is 1. The predicted molar refractivity (Wildman–Crippen MR) is 154 cm³/mol. The highest BCUT2D eigenvalue weighted by atomic mass is 127. The maximum atomic E-state index is 12.8. The third-order valence-electron chi connectivity index (χ3n) is 5.10. The van der Waals surface area contributed by atoms with Gasteiger partial charge in [0.05, 0.1) is 23.5 Å². The molecule has 0 aliphatic rings. The lowest BCUT2D eigenvalue weighted by atomic mass is 10.1. The van der Waals surface area contributed by atoms with Crippen molar-refractivity contribution in [3.8, 4) is 11.5 Å². The number of carbonyl (C=O) groups excluding carboxylic acids is 2. The van der Waals surface area contributed by atoms with E-state index in [-0.39, 0.29) is 13.0 Å². The van der Waals surface area contributed by atoms with Crippen molar-refractivity contribution in [2.24, 2.45) is 5.10 Å². The van der Waals surface area contributed by atoms with Gasteiger partial charge in [0.2, 0.25) is 0 Å². The molecule has 0 heterocycles. The third kappa shape index (κ3) is 9.04. The number of hydrogen-bond donors (Lipinski definition) is 2. The van der Waals surface area contributed by atoms with Crippen LogP contribution in [0.3, 0.4) is 0 Å². The molecule has 0 bridgehead atoms. The lowest BCUT2D eigenvalue weighted by Gasteiger charge is -2.17. The SMILES string of the molecule is CCOC(=O)N[C@@H](Cc1ccccc1)C(=O)N/N=C\c1cc(I)c(OCc2ccc(Br)cc2)c(OC)c1. The number of benzene rings is 3. The molecule has 0 radical (unpaired) electrons. The Bertz CT molecular complexity index is 1220. The lowest BCUT2D eigenvalue weighted by Crippen LogP contribution is -2.47. The number of alkyl carbamates (subject to hydrolysis) is 1. The summed E-state index contributed by atoms with van der Waals surface area (Å²) in [5.74, 6) is 0.695. The van der Waals surface area contributed by atoms with E-state index in [2.05, 4.69) is 54.4 Å². The first kappa shape index (κ1) is 28.5. The summed E-state index contributed by atoms with van der Waals surface area (Å²) in [4.78, 5) is 24.8. The zero-order valence-corrected chi connectivity index (χ0v) is 24.1. The van der Waals surface area contributed by atoms with Gasteiger partial charge >= 0.3 is 6.09 Å². The van der Waals surface area contributed by atoms with Gasteiger partial charge < -0.3 is 19.5 Å². The Morgan fingerprint density at radius 3 is 2.49 bits per heavy atom. The van der Waals surface area contributed by atoms with Gasteiger partial charge in [-0.15, -0.1) is 0 Å². The smallest absolute Gasteiger partial charge is 0.407 e. The molecular formula is C27H27BrIN3O5. The van der Waals surface area contributed by atoms with Crippen molar-refractivity contribution < 1.29 is 23.8 Å². The molecule has 0 spiro atoms. The highest BCUT2D eigenvalue weighted by molar-refractivity contribution is 14.1. The fourth-order valence-corrected chi connectivity index (χ4v) is 4.36. The molecule has 3 rings (SSSR count). The van der Waals surface area contributed by atoms with Gasteiger partial charge in [0, 0.05) is 10.9 Å². The molecule has 8 nitrogen and oxygen atoms in total. The van der Waals surface area contributed by atoms with Crippen LogP contribution >= 0.6 is 38.5 Å². The number of nitrogens with one attached hydrogen (secondary N) is 2. The fraction of sp³-hybridized carbons (Fsp3) is 0.222. The highest BCUT2D eigenvalue weighted by Crippen LogP contribution is 2.34. The van der Waals surface area contributed by atoms with Crippen LogP contribution in [0.4, 0.5) is 4.79 Å². The van der Waals surface area contributed by atoms with Crippen LogP contribution < -0.4 is 20.2 Å². The molecule has 0 fully saturated rings. The first-order valence-electron chi connectivity index (χ1n) is 11.4. The van der Waals surface area contributed by atoms with Crippen molar-refractivity contribution in [3.63, 3.8) is 0 Å². The number of rotatable bonds is 11. The van der Waals surface area contributed by atoms with E-state index in [0.29, 0.717) is 23.7 Å². The topological polar surface area (TPSA) is 98.2 Å². The van der Waals surface area contributed by atoms with E-state index in [4.69, 9.17) is 14.2 Å². The van der Waals surface area contributed by atoms with E-state index in [0.717, 1.165) is 19.2 Å². The van der Waals surface area contributed by atoms with Gasteiger partial charge in [0.25, 0.3) is 5.91 Å². The van der Waals surface area contributed by atoms with Gasteiger partial charge in [-0.3, -0.25) is 4.79 Å². The minimum atomic E-state index is -0.859. The summed E-state index contributed by atoms with van der Waals surface area (Å²) in [7, 11) is 1.57. The average molecular weight is 680 g/mol. The van der Waals surface area contributed by atoms with Crippen LogP contribution in [0.5, 0.6) is 11.5 Å². The van der Waals surface area contributed by atoms with E-state index in [1.54, 1.807) is 20.1 Å². The number of nitrogens with zero attached hydrogens (tertiary/aromatic N) is 1. The molecule has 0 saturated heterocycles. The first-order chi connectivity index (χ1) is 17.9. The monoisotopic (exact) mass is 679 g/mol. The number of amides is 2. The molecule has 0 aromatic heterocycles. The maximum Gasteiger partial charge on any atom is 0.407 e. The second kappa shape index (κ2) is 14.6. The quantitative estimate of drug-likeness (QED) is 0.160.